The average Bonchev–Trinajstić information content (AvgIpc) is 2.71. The van der Waals surface area contributed by atoms with Crippen LogP contribution in [0.15, 0.2) is 0 Å². The molecule has 0 aromatic carbocycles. The van der Waals surface area contributed by atoms with Crippen molar-refractivity contribution < 1.29 is 49.4 Å². The Kier molecular flexibility index (Phi) is 9.86. The Balaban J connectivity index is 0.000000364. The van der Waals surface area contributed by atoms with E-state index in [2.05, 4.69) is 69.2 Å². The van der Waals surface area contributed by atoms with Crippen molar-refractivity contribution in [1.29, 1.82) is 0 Å². The van der Waals surface area contributed by atoms with Gasteiger partial charge in [0.25, 0.3) is 0 Å². The summed E-state index contributed by atoms with van der Waals surface area (Å²) in [6.45, 7) is 22.0. The largest absolute Gasteiger partial charge is 0.0579 e. The van der Waals surface area contributed by atoms with Gasteiger partial charge in [0.2, 0.25) is 0 Å². The Morgan fingerprint density at radius 3 is 0.333 bits per heavy atom. The van der Waals surface area contributed by atoms with Gasteiger partial charge in [-0.2, -0.15) is 0 Å². The molecule has 0 bridgehead atoms. The summed E-state index contributed by atoms with van der Waals surface area (Å²) in [5, 5.41) is 0. The van der Waals surface area contributed by atoms with E-state index < -0.39 is 0 Å². The topological polar surface area (TPSA) is 0 Å². The maximum absolute atomic E-state index is 2.20. The molecule has 0 spiro atoms. The summed E-state index contributed by atoms with van der Waals surface area (Å²) in [5.74, 6) is 14.7. The number of hydrogen-bond acceptors (Lipinski definition) is 0. The molecule has 0 N–H and O–H groups in total. The summed E-state index contributed by atoms with van der Waals surface area (Å²) in [5.41, 5.74) is 0. The summed E-state index contributed by atoms with van der Waals surface area (Å²) >= 11 is 0. The Morgan fingerprint density at radius 2 is 0.286 bits per heavy atom. The van der Waals surface area contributed by atoms with Gasteiger partial charge in [0.1, 0.15) is 0 Å². The molecule has 0 unspecified atom stereocenters. The minimum Gasteiger partial charge on any atom is -0.0579 e. The monoisotopic (exact) mass is 423 g/mol. The van der Waals surface area contributed by atoms with E-state index in [1.165, 1.54) is 59.2 Å². The van der Waals surface area contributed by atoms with Crippen molar-refractivity contribution in [2.45, 2.75) is 69.2 Å². The summed E-state index contributed by atoms with van der Waals surface area (Å²) < 4.78 is 0. The Bertz CT molecular complexity index is 181. The molecule has 0 amide bonds. The smallest absolute Gasteiger partial charge is 0 e. The zero-order chi connectivity index (χ0) is 15.8. The zero-order valence-electron chi connectivity index (χ0n) is 15.4. The van der Waals surface area contributed by atoms with Crippen LogP contribution in [0.2, 0.25) is 0 Å². The van der Waals surface area contributed by atoms with Crippen LogP contribution in [0.3, 0.4) is 0 Å². The molecule has 1 heteroatoms. The van der Waals surface area contributed by atoms with Crippen LogP contribution < -0.4 is 0 Å². The maximum Gasteiger partial charge on any atom is 0 e. The second-order valence-corrected chi connectivity index (χ2v) is 6.25. The van der Waals surface area contributed by atoms with Crippen molar-refractivity contribution in [3.05, 3.63) is 59.2 Å². The predicted molar refractivity (Wildman–Crippen MR) is 89.2 cm³/mol. The molecule has 0 saturated heterocycles. The molecule has 21 heavy (non-hydrogen) atoms. The van der Waals surface area contributed by atoms with Crippen molar-refractivity contribution in [3.8, 4) is 0 Å². The van der Waals surface area contributed by atoms with Crippen LogP contribution in [0.25, 0.3) is 0 Å². The maximum atomic E-state index is 2.20. The van der Waals surface area contributed by atoms with Crippen LogP contribution in [0, 0.1) is 109 Å². The molecule has 2 fully saturated rings. The van der Waals surface area contributed by atoms with E-state index in [-0.39, 0.29) is 49.4 Å². The molecular formula is C20H30Eu. The van der Waals surface area contributed by atoms with Gasteiger partial charge >= 0.3 is 0 Å². The molecule has 0 nitrogen and oxygen atoms in total. The molecule has 2 saturated carbocycles. The predicted octanol–water partition coefficient (Wildman–Crippen LogP) is 5.94. The van der Waals surface area contributed by atoms with Crippen LogP contribution in [-0.4, -0.2) is 0 Å². The van der Waals surface area contributed by atoms with E-state index in [0.29, 0.717) is 0 Å². The van der Waals surface area contributed by atoms with Gasteiger partial charge in [-0.05, 0) is 59.2 Å². The van der Waals surface area contributed by atoms with Crippen LogP contribution >= 0.6 is 0 Å². The van der Waals surface area contributed by atoms with E-state index >= 15 is 0 Å². The zero-order valence-corrected chi connectivity index (χ0v) is 17.8. The molecule has 117 valence electrons. The van der Waals surface area contributed by atoms with Crippen molar-refractivity contribution >= 4 is 0 Å². The molecule has 0 aliphatic heterocycles. The van der Waals surface area contributed by atoms with E-state index in [4.69, 9.17) is 0 Å². The summed E-state index contributed by atoms with van der Waals surface area (Å²) in [7, 11) is 0. The van der Waals surface area contributed by atoms with Gasteiger partial charge in [-0.3, -0.25) is 0 Å². The minimum atomic E-state index is 0. The Hall–Kier alpha value is 1.58. The molecule has 2 rings (SSSR count). The van der Waals surface area contributed by atoms with Crippen LogP contribution in [0.5, 0.6) is 0 Å². The molecule has 2 aliphatic carbocycles. The molecular weight excluding hydrogens is 392 g/mol. The number of hydrogen-bond donors (Lipinski definition) is 0. The second kappa shape index (κ2) is 9.17. The van der Waals surface area contributed by atoms with Gasteiger partial charge < -0.3 is 0 Å². The normalized spacial score (nSPS) is 27.1. The van der Waals surface area contributed by atoms with Crippen molar-refractivity contribution in [2.24, 2.45) is 0 Å². The van der Waals surface area contributed by atoms with Gasteiger partial charge in [-0.15, -0.1) is 0 Å². The van der Waals surface area contributed by atoms with Gasteiger partial charge in [0.15, 0.2) is 0 Å². The first-order valence-corrected chi connectivity index (χ1v) is 7.50. The fraction of sp³-hybridized carbons (Fsp3) is 0.500. The van der Waals surface area contributed by atoms with Crippen molar-refractivity contribution in [2.75, 3.05) is 0 Å². The molecule has 0 aromatic heterocycles. The van der Waals surface area contributed by atoms with E-state index in [1.807, 2.05) is 0 Å². The van der Waals surface area contributed by atoms with Gasteiger partial charge in [0.05, 0.1) is 0 Å². The van der Waals surface area contributed by atoms with Gasteiger partial charge in [0, 0.05) is 49.4 Å². The fourth-order valence-corrected chi connectivity index (χ4v) is 2.81. The fourth-order valence-electron chi connectivity index (χ4n) is 2.81. The molecule has 0 heterocycles. The third-order valence-electron chi connectivity index (χ3n) is 5.62. The number of rotatable bonds is 0. The third kappa shape index (κ3) is 4.79. The van der Waals surface area contributed by atoms with Crippen molar-refractivity contribution in [3.63, 3.8) is 0 Å². The van der Waals surface area contributed by atoms with E-state index in [1.54, 1.807) is 0 Å². The average molecular weight is 422 g/mol. The first kappa shape index (κ1) is 22.6. The third-order valence-corrected chi connectivity index (χ3v) is 5.62. The summed E-state index contributed by atoms with van der Waals surface area (Å²) in [6, 6.07) is 0. The minimum absolute atomic E-state index is 0. The van der Waals surface area contributed by atoms with Crippen LogP contribution in [-0.2, 0) is 0 Å². The van der Waals surface area contributed by atoms with Gasteiger partial charge in [-0.25, -0.2) is 0 Å². The molecule has 0 atom stereocenters. The Morgan fingerprint density at radius 1 is 0.238 bits per heavy atom. The summed E-state index contributed by atoms with van der Waals surface area (Å²) in [4.78, 5) is 0. The van der Waals surface area contributed by atoms with E-state index in [0.717, 1.165) is 0 Å². The molecule has 11 radical (unpaired) electrons. The quantitative estimate of drug-likeness (QED) is 0.453. The molecule has 0 aromatic rings. The van der Waals surface area contributed by atoms with E-state index in [9.17, 15) is 0 Å². The summed E-state index contributed by atoms with van der Waals surface area (Å²) in [6.07, 6.45) is 0. The SMILES string of the molecule is C[C]1[C](C)[C](C)[C](C)[C]1C.C[C]1[C](C)[C](C)[C](C)[C]1C.[Eu]. The first-order chi connectivity index (χ1) is 9.11. The first-order valence-electron chi connectivity index (χ1n) is 7.50. The van der Waals surface area contributed by atoms with Gasteiger partial charge in [-0.1, -0.05) is 69.2 Å². The van der Waals surface area contributed by atoms with Crippen LogP contribution in [0.4, 0.5) is 0 Å². The standard InChI is InChI=1S/2C10H15.Eu/c2*1-6-7(2)9(4)10(5)8(6)3;/h2*1-5H3;. The Labute approximate surface area is 176 Å². The molecule has 2 aliphatic rings. The second-order valence-electron chi connectivity index (χ2n) is 6.25. The van der Waals surface area contributed by atoms with Crippen molar-refractivity contribution in [1.82, 2.24) is 0 Å². The van der Waals surface area contributed by atoms with Crippen LogP contribution in [0.1, 0.15) is 69.2 Å².